The van der Waals surface area contributed by atoms with Crippen molar-refractivity contribution in [2.24, 2.45) is 5.14 Å². The van der Waals surface area contributed by atoms with Gasteiger partial charge in [0.05, 0.1) is 33.8 Å². The molecule has 1 aliphatic rings. The van der Waals surface area contributed by atoms with E-state index in [0.717, 1.165) is 22.7 Å². The van der Waals surface area contributed by atoms with E-state index in [9.17, 15) is 26.4 Å². The summed E-state index contributed by atoms with van der Waals surface area (Å²) >= 11 is 1.50. The highest BCUT2D eigenvalue weighted by molar-refractivity contribution is 7.89. The van der Waals surface area contributed by atoms with Crippen LogP contribution in [0.1, 0.15) is 26.5 Å². The van der Waals surface area contributed by atoms with Gasteiger partial charge >= 0.3 is 6.18 Å². The standard InChI is InChI=1S/C19H16F3N5O3S2/c20-19(21,22)11-6-14(18(28)26-12-2-1-3-13(7-12)32(23,29)30)17(24-8-11)27-5-4-16-15(9-27)25-10-31-16/h1-3,6-8,10H,4-5,9H2,(H,26,28)(H2,23,29,30). The zero-order chi connectivity index (χ0) is 23.1. The molecular formula is C19H16F3N5O3S2. The number of benzene rings is 1. The van der Waals surface area contributed by atoms with Gasteiger partial charge in [0.25, 0.3) is 5.91 Å². The molecule has 0 aliphatic carbocycles. The van der Waals surface area contributed by atoms with Crippen molar-refractivity contribution in [3.8, 4) is 0 Å². The van der Waals surface area contributed by atoms with Crippen LogP contribution in [-0.4, -0.2) is 30.8 Å². The number of halogens is 3. The largest absolute Gasteiger partial charge is 0.417 e. The van der Waals surface area contributed by atoms with Gasteiger partial charge in [-0.05, 0) is 24.3 Å². The third-order valence-corrected chi connectivity index (χ3v) is 6.68. The normalized spacial score (nSPS) is 14.2. The first-order valence-electron chi connectivity index (χ1n) is 9.20. The SMILES string of the molecule is NS(=O)(=O)c1cccc(NC(=O)c2cc(C(F)(F)F)cnc2N2CCc3scnc3C2)c1. The van der Waals surface area contributed by atoms with Crippen LogP contribution >= 0.6 is 11.3 Å². The number of hydrogen-bond donors (Lipinski definition) is 2. The van der Waals surface area contributed by atoms with Crippen molar-refractivity contribution in [1.29, 1.82) is 0 Å². The summed E-state index contributed by atoms with van der Waals surface area (Å²) in [5, 5.41) is 7.54. The Morgan fingerprint density at radius 3 is 2.72 bits per heavy atom. The van der Waals surface area contributed by atoms with Gasteiger partial charge in [0.2, 0.25) is 10.0 Å². The van der Waals surface area contributed by atoms with Crippen LogP contribution in [-0.2, 0) is 29.2 Å². The van der Waals surface area contributed by atoms with Crippen LogP contribution in [0.5, 0.6) is 0 Å². The molecule has 0 radical (unpaired) electrons. The van der Waals surface area contributed by atoms with Gasteiger partial charge in [-0.2, -0.15) is 13.2 Å². The Morgan fingerprint density at radius 1 is 1.22 bits per heavy atom. The Kier molecular flexibility index (Phi) is 5.65. The maximum absolute atomic E-state index is 13.3. The van der Waals surface area contributed by atoms with Crippen LogP contribution in [0.25, 0.3) is 0 Å². The molecule has 1 aliphatic heterocycles. The number of carbonyl (C=O) groups is 1. The predicted octanol–water partition coefficient (Wildman–Crippen LogP) is 3.02. The van der Waals surface area contributed by atoms with Crippen molar-refractivity contribution in [3.63, 3.8) is 0 Å². The number of carbonyl (C=O) groups excluding carboxylic acids is 1. The molecule has 32 heavy (non-hydrogen) atoms. The number of fused-ring (bicyclic) bond motifs is 1. The lowest BCUT2D eigenvalue weighted by atomic mass is 10.1. The Bertz CT molecular complexity index is 1290. The number of nitrogens with one attached hydrogen (secondary N) is 1. The van der Waals surface area contributed by atoms with Gasteiger partial charge in [0, 0.05) is 29.7 Å². The van der Waals surface area contributed by atoms with Crippen LogP contribution in [0.4, 0.5) is 24.7 Å². The van der Waals surface area contributed by atoms with Crippen LogP contribution < -0.4 is 15.4 Å². The molecule has 0 fully saturated rings. The molecule has 4 rings (SSSR count). The number of alkyl halides is 3. The van der Waals surface area contributed by atoms with Gasteiger partial charge in [0.15, 0.2) is 0 Å². The Hall–Kier alpha value is -3.03. The molecule has 0 unspecified atom stereocenters. The quantitative estimate of drug-likeness (QED) is 0.589. The molecule has 1 amide bonds. The number of nitrogens with two attached hydrogens (primary N) is 1. The third-order valence-electron chi connectivity index (χ3n) is 4.83. The summed E-state index contributed by atoms with van der Waals surface area (Å²) in [7, 11) is -4.03. The molecular weight excluding hydrogens is 467 g/mol. The molecule has 0 spiro atoms. The predicted molar refractivity (Wildman–Crippen MR) is 112 cm³/mol. The lowest BCUT2D eigenvalue weighted by Gasteiger charge is -2.29. The van der Waals surface area contributed by atoms with Gasteiger partial charge in [-0.15, -0.1) is 11.3 Å². The molecule has 0 atom stereocenters. The number of rotatable bonds is 4. The minimum absolute atomic E-state index is 0.0605. The van der Waals surface area contributed by atoms with E-state index in [-0.39, 0.29) is 22.0 Å². The fourth-order valence-corrected chi connectivity index (χ4v) is 4.61. The number of hydrogen-bond acceptors (Lipinski definition) is 7. The van der Waals surface area contributed by atoms with E-state index in [1.165, 1.54) is 29.5 Å². The topological polar surface area (TPSA) is 118 Å². The molecule has 3 N–H and O–H groups in total. The minimum atomic E-state index is -4.70. The van der Waals surface area contributed by atoms with E-state index in [1.54, 1.807) is 10.4 Å². The zero-order valence-electron chi connectivity index (χ0n) is 16.3. The molecule has 13 heteroatoms. The third kappa shape index (κ3) is 4.59. The van der Waals surface area contributed by atoms with E-state index in [2.05, 4.69) is 15.3 Å². The van der Waals surface area contributed by atoms with E-state index in [1.807, 2.05) is 0 Å². The summed E-state index contributed by atoms with van der Waals surface area (Å²) in [6.45, 7) is 0.757. The summed E-state index contributed by atoms with van der Waals surface area (Å²) in [5.41, 5.74) is 1.18. The second-order valence-corrected chi connectivity index (χ2v) is 9.51. The van der Waals surface area contributed by atoms with Gasteiger partial charge in [-0.3, -0.25) is 4.79 Å². The van der Waals surface area contributed by atoms with Gasteiger partial charge in [-0.25, -0.2) is 23.5 Å². The van der Waals surface area contributed by atoms with Crippen molar-refractivity contribution in [2.45, 2.75) is 24.0 Å². The highest BCUT2D eigenvalue weighted by atomic mass is 32.2. The molecule has 3 aromatic rings. The van der Waals surface area contributed by atoms with Gasteiger partial charge < -0.3 is 10.2 Å². The van der Waals surface area contributed by atoms with Gasteiger partial charge in [-0.1, -0.05) is 6.07 Å². The van der Waals surface area contributed by atoms with Crippen molar-refractivity contribution >= 4 is 38.8 Å². The highest BCUT2D eigenvalue weighted by Crippen LogP contribution is 2.33. The number of anilines is 2. The highest BCUT2D eigenvalue weighted by Gasteiger charge is 2.34. The fourth-order valence-electron chi connectivity index (χ4n) is 3.28. The molecule has 8 nitrogen and oxygen atoms in total. The van der Waals surface area contributed by atoms with E-state index in [4.69, 9.17) is 5.14 Å². The lowest BCUT2D eigenvalue weighted by Crippen LogP contribution is -2.33. The Morgan fingerprint density at radius 2 is 2.00 bits per heavy atom. The number of nitrogens with zero attached hydrogens (tertiary/aromatic N) is 3. The zero-order valence-corrected chi connectivity index (χ0v) is 17.9. The maximum atomic E-state index is 13.3. The van der Waals surface area contributed by atoms with Crippen LogP contribution in [0.15, 0.2) is 46.9 Å². The molecule has 3 heterocycles. The number of aromatic nitrogens is 2. The number of sulfonamides is 1. The number of thiazole rings is 1. The molecule has 2 aromatic heterocycles. The second kappa shape index (κ2) is 8.15. The molecule has 0 saturated carbocycles. The molecule has 1 aromatic carbocycles. The number of pyridine rings is 1. The van der Waals surface area contributed by atoms with Crippen molar-refractivity contribution < 1.29 is 26.4 Å². The van der Waals surface area contributed by atoms with Crippen molar-refractivity contribution in [2.75, 3.05) is 16.8 Å². The van der Waals surface area contributed by atoms with E-state index in [0.29, 0.717) is 25.7 Å². The average Bonchev–Trinajstić information content (AvgIpc) is 3.20. The number of amides is 1. The summed E-state index contributed by atoms with van der Waals surface area (Å²) in [6.07, 6.45) is -3.39. The molecule has 0 bridgehead atoms. The summed E-state index contributed by atoms with van der Waals surface area (Å²) in [4.78, 5) is 23.7. The monoisotopic (exact) mass is 483 g/mol. The minimum Gasteiger partial charge on any atom is -0.350 e. The second-order valence-electron chi connectivity index (χ2n) is 7.01. The lowest BCUT2D eigenvalue weighted by molar-refractivity contribution is -0.137. The summed E-state index contributed by atoms with van der Waals surface area (Å²) < 4.78 is 63.0. The fraction of sp³-hybridized carbons (Fsp3) is 0.211. The van der Waals surface area contributed by atoms with Crippen LogP contribution in [0.2, 0.25) is 0 Å². The summed E-state index contributed by atoms with van der Waals surface area (Å²) in [5.74, 6) is -0.786. The maximum Gasteiger partial charge on any atom is 0.417 e. The molecule has 0 saturated heterocycles. The van der Waals surface area contributed by atoms with Crippen LogP contribution in [0.3, 0.4) is 0 Å². The smallest absolute Gasteiger partial charge is 0.350 e. The average molecular weight is 483 g/mol. The first kappa shape index (κ1) is 22.2. The first-order chi connectivity index (χ1) is 15.0. The van der Waals surface area contributed by atoms with E-state index < -0.39 is 27.7 Å². The van der Waals surface area contributed by atoms with Crippen molar-refractivity contribution in [1.82, 2.24) is 9.97 Å². The summed E-state index contributed by atoms with van der Waals surface area (Å²) in [6, 6.07) is 5.85. The molecule has 168 valence electrons. The Balaban J connectivity index is 1.70. The van der Waals surface area contributed by atoms with Crippen molar-refractivity contribution in [3.05, 3.63) is 63.7 Å². The number of primary sulfonamides is 1. The Labute approximate surface area is 185 Å². The first-order valence-corrected chi connectivity index (χ1v) is 11.6. The van der Waals surface area contributed by atoms with Gasteiger partial charge in [0.1, 0.15) is 5.82 Å². The van der Waals surface area contributed by atoms with Crippen LogP contribution in [0, 0.1) is 0 Å². The van der Waals surface area contributed by atoms with E-state index >= 15 is 0 Å².